The molecule has 0 spiro atoms. The minimum Gasteiger partial charge on any atom is -0.486 e. The van der Waals surface area contributed by atoms with Crippen LogP contribution >= 0.6 is 0 Å². The summed E-state index contributed by atoms with van der Waals surface area (Å²) in [5.41, 5.74) is 0. The van der Waals surface area contributed by atoms with Crippen LogP contribution in [0.3, 0.4) is 0 Å². The summed E-state index contributed by atoms with van der Waals surface area (Å²) in [6, 6.07) is 9.46. The van der Waals surface area contributed by atoms with Crippen molar-refractivity contribution < 1.29 is 18.3 Å². The molecule has 0 aliphatic carbocycles. The van der Waals surface area contributed by atoms with Crippen LogP contribution < -0.4 is 4.74 Å². The number of rotatable bonds is 7. The molecule has 1 aromatic carbocycles. The zero-order valence-electron chi connectivity index (χ0n) is 14.0. The Hall–Kier alpha value is -1.93. The molecule has 1 aliphatic rings. The predicted molar refractivity (Wildman–Crippen MR) is 93.0 cm³/mol. The fraction of sp³-hybridized carbons (Fsp3) is 0.529. The van der Waals surface area contributed by atoms with Gasteiger partial charge < -0.3 is 9.84 Å². The van der Waals surface area contributed by atoms with Crippen LogP contribution in [0.15, 0.2) is 30.3 Å². The van der Waals surface area contributed by atoms with Gasteiger partial charge in [-0.05, 0) is 30.9 Å². The SMILES string of the molecule is O=S1(=O)CCC(Cc2nc(COc3ccccc3)nn2CCO)CC1. The van der Waals surface area contributed by atoms with Crippen LogP contribution in [-0.2, 0) is 29.4 Å². The Labute approximate surface area is 147 Å². The van der Waals surface area contributed by atoms with E-state index in [0.29, 0.717) is 31.6 Å². The first-order chi connectivity index (χ1) is 12.1. The smallest absolute Gasteiger partial charge is 0.188 e. The van der Waals surface area contributed by atoms with Crippen LogP contribution in [0.4, 0.5) is 0 Å². The number of sulfone groups is 1. The monoisotopic (exact) mass is 365 g/mol. The van der Waals surface area contributed by atoms with Gasteiger partial charge in [0.15, 0.2) is 5.82 Å². The van der Waals surface area contributed by atoms with Gasteiger partial charge in [-0.3, -0.25) is 0 Å². The van der Waals surface area contributed by atoms with Crippen molar-refractivity contribution in [3.8, 4) is 5.75 Å². The molecule has 2 aromatic rings. The van der Waals surface area contributed by atoms with E-state index in [9.17, 15) is 13.5 Å². The standard InChI is InChI=1S/C17H23N3O4S/c21-9-8-20-17(12-14-6-10-25(22,23)11-7-14)18-16(19-20)13-24-15-4-2-1-3-5-15/h1-5,14,21H,6-13H2. The number of para-hydroxylation sites is 1. The Balaban J connectivity index is 1.65. The molecule has 0 amide bonds. The van der Waals surface area contributed by atoms with Crippen LogP contribution in [0.2, 0.25) is 0 Å². The first-order valence-corrected chi connectivity index (χ1v) is 10.3. The third-order valence-electron chi connectivity index (χ3n) is 4.36. The summed E-state index contributed by atoms with van der Waals surface area (Å²) in [6.45, 7) is 0.613. The Morgan fingerprint density at radius 1 is 1.20 bits per heavy atom. The first kappa shape index (κ1) is 17.9. The Kier molecular flexibility index (Phi) is 5.70. The third-order valence-corrected chi connectivity index (χ3v) is 6.08. The number of nitrogens with zero attached hydrogens (tertiary/aromatic N) is 3. The van der Waals surface area contributed by atoms with Gasteiger partial charge in [0, 0.05) is 6.42 Å². The van der Waals surface area contributed by atoms with E-state index in [-0.39, 0.29) is 30.6 Å². The number of aliphatic hydroxyl groups is 1. The van der Waals surface area contributed by atoms with E-state index in [1.165, 1.54) is 0 Å². The Morgan fingerprint density at radius 3 is 2.60 bits per heavy atom. The molecule has 8 heteroatoms. The second-order valence-electron chi connectivity index (χ2n) is 6.29. The summed E-state index contributed by atoms with van der Waals surface area (Å²) < 4.78 is 30.5. The third kappa shape index (κ3) is 5.02. The molecule has 1 fully saturated rings. The molecule has 0 unspecified atom stereocenters. The summed E-state index contributed by atoms with van der Waals surface area (Å²) >= 11 is 0. The molecule has 1 aromatic heterocycles. The average molecular weight is 365 g/mol. The van der Waals surface area contributed by atoms with Gasteiger partial charge in [-0.15, -0.1) is 0 Å². The van der Waals surface area contributed by atoms with Gasteiger partial charge in [0.2, 0.25) is 0 Å². The molecule has 0 bridgehead atoms. The highest BCUT2D eigenvalue weighted by molar-refractivity contribution is 7.91. The maximum Gasteiger partial charge on any atom is 0.188 e. The van der Waals surface area contributed by atoms with Crippen molar-refractivity contribution in [3.63, 3.8) is 0 Å². The van der Waals surface area contributed by atoms with Gasteiger partial charge in [0.25, 0.3) is 0 Å². The summed E-state index contributed by atoms with van der Waals surface area (Å²) in [7, 11) is -2.87. The zero-order chi connectivity index (χ0) is 17.7. The van der Waals surface area contributed by atoms with Crippen molar-refractivity contribution in [2.75, 3.05) is 18.1 Å². The van der Waals surface area contributed by atoms with E-state index in [1.54, 1.807) is 4.68 Å². The highest BCUT2D eigenvalue weighted by Gasteiger charge is 2.25. The molecule has 0 atom stereocenters. The zero-order valence-corrected chi connectivity index (χ0v) is 14.9. The molecule has 7 nitrogen and oxygen atoms in total. The highest BCUT2D eigenvalue weighted by Crippen LogP contribution is 2.22. The molecule has 136 valence electrons. The van der Waals surface area contributed by atoms with Gasteiger partial charge in [-0.2, -0.15) is 5.10 Å². The van der Waals surface area contributed by atoms with Crippen LogP contribution in [-0.4, -0.2) is 46.4 Å². The van der Waals surface area contributed by atoms with Crippen molar-refractivity contribution >= 4 is 9.84 Å². The normalized spacial score (nSPS) is 17.5. The van der Waals surface area contributed by atoms with Gasteiger partial charge in [0.05, 0.1) is 24.7 Å². The van der Waals surface area contributed by atoms with E-state index < -0.39 is 9.84 Å². The van der Waals surface area contributed by atoms with Crippen molar-refractivity contribution in [2.45, 2.75) is 32.4 Å². The number of hydrogen-bond donors (Lipinski definition) is 1. The van der Waals surface area contributed by atoms with E-state index in [1.807, 2.05) is 30.3 Å². The van der Waals surface area contributed by atoms with Gasteiger partial charge >= 0.3 is 0 Å². The number of ether oxygens (including phenoxy) is 1. The fourth-order valence-corrected chi connectivity index (χ4v) is 4.57. The topological polar surface area (TPSA) is 94.3 Å². The molecular formula is C17H23N3O4S. The predicted octanol–water partition coefficient (Wildman–Crippen LogP) is 1.22. The van der Waals surface area contributed by atoms with Crippen LogP contribution in [0.1, 0.15) is 24.5 Å². The quantitative estimate of drug-likeness (QED) is 0.793. The number of aromatic nitrogens is 3. The van der Waals surface area contributed by atoms with Crippen molar-refractivity contribution in [1.29, 1.82) is 0 Å². The maximum atomic E-state index is 11.6. The largest absolute Gasteiger partial charge is 0.486 e. The minimum absolute atomic E-state index is 0.0195. The number of aliphatic hydroxyl groups excluding tert-OH is 1. The molecule has 2 heterocycles. The molecule has 1 N–H and O–H groups in total. The summed E-state index contributed by atoms with van der Waals surface area (Å²) in [6.07, 6.45) is 1.99. The molecule has 1 saturated heterocycles. The highest BCUT2D eigenvalue weighted by atomic mass is 32.2. The second kappa shape index (κ2) is 7.97. The molecule has 1 aliphatic heterocycles. The van der Waals surface area contributed by atoms with E-state index in [0.717, 1.165) is 11.6 Å². The minimum atomic E-state index is -2.87. The lowest BCUT2D eigenvalue weighted by molar-refractivity contribution is 0.262. The van der Waals surface area contributed by atoms with Crippen LogP contribution in [0.25, 0.3) is 0 Å². The average Bonchev–Trinajstić information content (AvgIpc) is 2.98. The van der Waals surface area contributed by atoms with Gasteiger partial charge in [-0.25, -0.2) is 18.1 Å². The molecule has 0 radical (unpaired) electrons. The first-order valence-electron chi connectivity index (χ1n) is 8.47. The van der Waals surface area contributed by atoms with Crippen molar-refractivity contribution in [3.05, 3.63) is 42.0 Å². The van der Waals surface area contributed by atoms with E-state index in [4.69, 9.17) is 4.74 Å². The van der Waals surface area contributed by atoms with E-state index >= 15 is 0 Å². The molecular weight excluding hydrogens is 342 g/mol. The summed E-state index contributed by atoms with van der Waals surface area (Å²) in [4.78, 5) is 4.54. The lowest BCUT2D eigenvalue weighted by Gasteiger charge is -2.21. The molecule has 0 saturated carbocycles. The lowest BCUT2D eigenvalue weighted by atomic mass is 9.98. The number of hydrogen-bond acceptors (Lipinski definition) is 6. The van der Waals surface area contributed by atoms with Gasteiger partial charge in [0.1, 0.15) is 28.0 Å². The molecule has 25 heavy (non-hydrogen) atoms. The second-order valence-corrected chi connectivity index (χ2v) is 8.60. The summed E-state index contributed by atoms with van der Waals surface area (Å²) in [5.74, 6) is 2.87. The number of benzene rings is 1. The van der Waals surface area contributed by atoms with E-state index in [2.05, 4.69) is 10.1 Å². The van der Waals surface area contributed by atoms with Crippen molar-refractivity contribution in [2.24, 2.45) is 5.92 Å². The lowest BCUT2D eigenvalue weighted by Crippen LogP contribution is -2.25. The Bertz CT molecular complexity index is 775. The van der Waals surface area contributed by atoms with Crippen LogP contribution in [0, 0.1) is 5.92 Å². The molecule has 3 rings (SSSR count). The summed E-state index contributed by atoms with van der Waals surface area (Å²) in [5, 5.41) is 13.6. The Morgan fingerprint density at radius 2 is 1.92 bits per heavy atom. The van der Waals surface area contributed by atoms with Gasteiger partial charge in [-0.1, -0.05) is 18.2 Å². The maximum absolute atomic E-state index is 11.6. The van der Waals surface area contributed by atoms with Crippen molar-refractivity contribution in [1.82, 2.24) is 14.8 Å². The fourth-order valence-electron chi connectivity index (χ4n) is 2.98. The van der Waals surface area contributed by atoms with Crippen LogP contribution in [0.5, 0.6) is 5.75 Å².